The van der Waals surface area contributed by atoms with Gasteiger partial charge in [-0.25, -0.2) is 0 Å². The summed E-state index contributed by atoms with van der Waals surface area (Å²) in [7, 11) is 0. The van der Waals surface area contributed by atoms with Gasteiger partial charge in [0.15, 0.2) is 6.61 Å². The summed E-state index contributed by atoms with van der Waals surface area (Å²) in [5.74, 6) is 0.525. The van der Waals surface area contributed by atoms with Crippen molar-refractivity contribution in [2.24, 2.45) is 0 Å². The molecule has 1 amide bonds. The van der Waals surface area contributed by atoms with Crippen LogP contribution >= 0.6 is 0 Å². The van der Waals surface area contributed by atoms with Crippen LogP contribution in [0.3, 0.4) is 0 Å². The number of carbonyl (C=O) groups is 1. The fourth-order valence-corrected chi connectivity index (χ4v) is 2.27. The van der Waals surface area contributed by atoms with Crippen LogP contribution in [-0.2, 0) is 4.79 Å². The highest BCUT2D eigenvalue weighted by molar-refractivity contribution is 5.94. The van der Waals surface area contributed by atoms with E-state index in [0.717, 1.165) is 17.5 Å². The van der Waals surface area contributed by atoms with Crippen LogP contribution in [0, 0.1) is 24.0 Å². The molecule has 0 heterocycles. The van der Waals surface area contributed by atoms with Gasteiger partial charge >= 0.3 is 0 Å². The summed E-state index contributed by atoms with van der Waals surface area (Å²) in [4.78, 5) is 22.8. The molecule has 2 aromatic carbocycles. The second-order valence-electron chi connectivity index (χ2n) is 5.89. The van der Waals surface area contributed by atoms with E-state index in [1.54, 1.807) is 6.07 Å². The predicted octanol–water partition coefficient (Wildman–Crippen LogP) is 4.02. The van der Waals surface area contributed by atoms with Gasteiger partial charge in [0.25, 0.3) is 11.6 Å². The molecule has 0 saturated carbocycles. The van der Waals surface area contributed by atoms with Crippen LogP contribution in [0.2, 0.25) is 0 Å². The summed E-state index contributed by atoms with van der Waals surface area (Å²) in [6, 6.07) is 10.0. The number of amides is 1. The van der Waals surface area contributed by atoms with Crippen molar-refractivity contribution in [2.75, 3.05) is 18.5 Å². The zero-order valence-electron chi connectivity index (χ0n) is 15.1. The van der Waals surface area contributed by atoms with Gasteiger partial charge in [-0.05, 0) is 49.6 Å². The van der Waals surface area contributed by atoms with Crippen LogP contribution in [0.5, 0.6) is 11.5 Å². The molecule has 0 spiro atoms. The van der Waals surface area contributed by atoms with Gasteiger partial charge in [-0.1, -0.05) is 19.1 Å². The number of nitrogens with one attached hydrogen (secondary N) is 1. The third-order valence-electron chi connectivity index (χ3n) is 3.62. The number of anilines is 1. The summed E-state index contributed by atoms with van der Waals surface area (Å²) >= 11 is 0. The van der Waals surface area contributed by atoms with Crippen LogP contribution in [0.1, 0.15) is 24.5 Å². The normalized spacial score (nSPS) is 10.3. The molecule has 0 aliphatic heterocycles. The molecule has 26 heavy (non-hydrogen) atoms. The monoisotopic (exact) mass is 358 g/mol. The fourth-order valence-electron chi connectivity index (χ4n) is 2.27. The highest BCUT2D eigenvalue weighted by Gasteiger charge is 2.18. The van der Waals surface area contributed by atoms with E-state index in [2.05, 4.69) is 5.32 Å². The standard InChI is InChI=1S/C19H22N2O5/c1-4-9-25-15-7-8-16(17(11-15)21(23)24)20-19(22)12-26-18-10-13(2)5-6-14(18)3/h5-8,10-11H,4,9,12H2,1-3H3,(H,20,22). The fraction of sp³-hybridized carbons (Fsp3) is 0.316. The number of benzene rings is 2. The molecule has 0 atom stereocenters. The number of nitro groups is 1. The lowest BCUT2D eigenvalue weighted by Gasteiger charge is -2.11. The first-order valence-electron chi connectivity index (χ1n) is 8.32. The smallest absolute Gasteiger partial charge is 0.296 e. The summed E-state index contributed by atoms with van der Waals surface area (Å²) < 4.78 is 10.9. The van der Waals surface area contributed by atoms with Gasteiger partial charge in [0.05, 0.1) is 17.6 Å². The highest BCUT2D eigenvalue weighted by atomic mass is 16.6. The Morgan fingerprint density at radius 2 is 1.92 bits per heavy atom. The summed E-state index contributed by atoms with van der Waals surface area (Å²) in [6.45, 7) is 5.98. The van der Waals surface area contributed by atoms with Crippen LogP contribution < -0.4 is 14.8 Å². The van der Waals surface area contributed by atoms with Gasteiger partial charge in [-0.3, -0.25) is 14.9 Å². The average molecular weight is 358 g/mol. The Bertz CT molecular complexity index is 805. The average Bonchev–Trinajstić information content (AvgIpc) is 2.61. The van der Waals surface area contributed by atoms with E-state index in [9.17, 15) is 14.9 Å². The first-order chi connectivity index (χ1) is 12.4. The minimum atomic E-state index is -0.556. The molecule has 2 aromatic rings. The third kappa shape index (κ3) is 5.20. The first kappa shape index (κ1) is 19.2. The molecule has 1 N–H and O–H groups in total. The number of rotatable bonds is 8. The van der Waals surface area contributed by atoms with Gasteiger partial charge in [0.1, 0.15) is 17.2 Å². The summed E-state index contributed by atoms with van der Waals surface area (Å²) in [5, 5.41) is 13.8. The Morgan fingerprint density at radius 3 is 2.62 bits per heavy atom. The topological polar surface area (TPSA) is 90.7 Å². The highest BCUT2D eigenvalue weighted by Crippen LogP contribution is 2.29. The van der Waals surface area contributed by atoms with Crippen molar-refractivity contribution >= 4 is 17.3 Å². The van der Waals surface area contributed by atoms with E-state index in [1.807, 2.05) is 39.0 Å². The maximum absolute atomic E-state index is 12.1. The Kier molecular flexibility index (Phi) is 6.54. The van der Waals surface area contributed by atoms with Gasteiger partial charge < -0.3 is 14.8 Å². The molecule has 7 nitrogen and oxygen atoms in total. The molecule has 0 aromatic heterocycles. The second-order valence-corrected chi connectivity index (χ2v) is 5.89. The van der Waals surface area contributed by atoms with Crippen LogP contribution in [-0.4, -0.2) is 24.0 Å². The zero-order chi connectivity index (χ0) is 19.1. The molecule has 0 bridgehead atoms. The Balaban J connectivity index is 2.05. The SMILES string of the molecule is CCCOc1ccc(NC(=O)COc2cc(C)ccc2C)c([N+](=O)[O-])c1. The molecule has 0 fully saturated rings. The van der Waals surface area contributed by atoms with Crippen LogP contribution in [0.25, 0.3) is 0 Å². The van der Waals surface area contributed by atoms with E-state index in [0.29, 0.717) is 18.1 Å². The predicted molar refractivity (Wildman–Crippen MR) is 98.9 cm³/mol. The molecule has 7 heteroatoms. The number of nitro benzene ring substituents is 1. The van der Waals surface area contributed by atoms with Crippen molar-refractivity contribution in [2.45, 2.75) is 27.2 Å². The zero-order valence-corrected chi connectivity index (χ0v) is 15.1. The largest absolute Gasteiger partial charge is 0.493 e. The lowest BCUT2D eigenvalue weighted by Crippen LogP contribution is -2.21. The van der Waals surface area contributed by atoms with E-state index in [-0.39, 0.29) is 18.0 Å². The lowest BCUT2D eigenvalue weighted by molar-refractivity contribution is -0.384. The third-order valence-corrected chi connectivity index (χ3v) is 3.62. The van der Waals surface area contributed by atoms with Gasteiger partial charge in [0, 0.05) is 0 Å². The summed E-state index contributed by atoms with van der Waals surface area (Å²) in [5.41, 5.74) is 1.81. The Labute approximate surface area is 152 Å². The van der Waals surface area contributed by atoms with Gasteiger partial charge in [-0.15, -0.1) is 0 Å². The number of nitrogens with zero attached hydrogens (tertiary/aromatic N) is 1. The lowest BCUT2D eigenvalue weighted by atomic mass is 10.1. The second kappa shape index (κ2) is 8.84. The molecule has 0 radical (unpaired) electrons. The quantitative estimate of drug-likeness (QED) is 0.568. The molecule has 0 aliphatic rings. The molecule has 0 aliphatic carbocycles. The Morgan fingerprint density at radius 1 is 1.15 bits per heavy atom. The molecule has 0 saturated heterocycles. The number of aryl methyl sites for hydroxylation is 2. The first-order valence-corrected chi connectivity index (χ1v) is 8.32. The Hall–Kier alpha value is -3.09. The van der Waals surface area contributed by atoms with E-state index in [4.69, 9.17) is 9.47 Å². The van der Waals surface area contributed by atoms with Crippen LogP contribution in [0.4, 0.5) is 11.4 Å². The molecule has 2 rings (SSSR count). The molecular weight excluding hydrogens is 336 g/mol. The minimum Gasteiger partial charge on any atom is -0.493 e. The maximum Gasteiger partial charge on any atom is 0.296 e. The van der Waals surface area contributed by atoms with Crippen molar-refractivity contribution in [3.8, 4) is 11.5 Å². The van der Waals surface area contributed by atoms with Crippen molar-refractivity contribution in [3.63, 3.8) is 0 Å². The van der Waals surface area contributed by atoms with E-state index in [1.165, 1.54) is 12.1 Å². The van der Waals surface area contributed by atoms with Crippen LogP contribution in [0.15, 0.2) is 36.4 Å². The van der Waals surface area contributed by atoms with E-state index < -0.39 is 10.8 Å². The van der Waals surface area contributed by atoms with Crippen molar-refractivity contribution in [3.05, 3.63) is 57.6 Å². The van der Waals surface area contributed by atoms with Crippen molar-refractivity contribution in [1.29, 1.82) is 0 Å². The number of ether oxygens (including phenoxy) is 2. The summed E-state index contributed by atoms with van der Waals surface area (Å²) in [6.07, 6.45) is 0.794. The van der Waals surface area contributed by atoms with Crippen molar-refractivity contribution < 1.29 is 19.2 Å². The van der Waals surface area contributed by atoms with E-state index >= 15 is 0 Å². The number of carbonyl (C=O) groups excluding carboxylic acids is 1. The van der Waals surface area contributed by atoms with Gasteiger partial charge in [0.2, 0.25) is 0 Å². The number of hydrogen-bond donors (Lipinski definition) is 1. The molecule has 0 unspecified atom stereocenters. The van der Waals surface area contributed by atoms with Crippen molar-refractivity contribution in [1.82, 2.24) is 0 Å². The maximum atomic E-state index is 12.1. The molecule has 138 valence electrons. The molecular formula is C19H22N2O5. The minimum absolute atomic E-state index is 0.105. The number of hydrogen-bond acceptors (Lipinski definition) is 5. The van der Waals surface area contributed by atoms with Gasteiger partial charge in [-0.2, -0.15) is 0 Å².